The Labute approximate surface area is 193 Å². The molecule has 0 aromatic rings. The third-order valence-corrected chi connectivity index (χ3v) is 5.43. The minimum absolute atomic E-state index is 0.0315. The van der Waals surface area contributed by atoms with Gasteiger partial charge in [0.1, 0.15) is 0 Å². The Kier molecular flexibility index (Phi) is 30.8. The highest BCUT2D eigenvalue weighted by Crippen LogP contribution is 2.12. The van der Waals surface area contributed by atoms with Crippen molar-refractivity contribution in [2.75, 3.05) is 19.8 Å². The lowest BCUT2D eigenvalue weighted by molar-refractivity contribution is -0.137. The van der Waals surface area contributed by atoms with Gasteiger partial charge in [0.15, 0.2) is 0 Å². The Balaban J connectivity index is 0. The predicted molar refractivity (Wildman–Crippen MR) is 131 cm³/mol. The lowest BCUT2D eigenvalue weighted by atomic mass is 10.1. The van der Waals surface area contributed by atoms with Gasteiger partial charge in [-0.1, -0.05) is 117 Å². The highest BCUT2D eigenvalue weighted by molar-refractivity contribution is 5.66. The van der Waals surface area contributed by atoms with E-state index >= 15 is 0 Å². The van der Waals surface area contributed by atoms with Gasteiger partial charge in [0.25, 0.3) is 0 Å². The van der Waals surface area contributed by atoms with E-state index in [9.17, 15) is 9.90 Å². The number of hydrogen-bond donors (Lipinski definition) is 3. The molecule has 0 fully saturated rings. The maximum absolute atomic E-state index is 10.3. The molecule has 0 bridgehead atoms. The summed E-state index contributed by atoms with van der Waals surface area (Å²) < 4.78 is 5.04. The summed E-state index contributed by atoms with van der Waals surface area (Å²) in [5.41, 5.74) is 0. The number of unbranched alkanes of at least 4 members (excludes halogenated alkanes) is 15. The van der Waals surface area contributed by atoms with Crippen molar-refractivity contribution in [3.05, 3.63) is 0 Å². The van der Waals surface area contributed by atoms with Gasteiger partial charge in [-0.15, -0.1) is 0 Å². The van der Waals surface area contributed by atoms with Crippen molar-refractivity contribution < 1.29 is 24.9 Å². The van der Waals surface area contributed by atoms with Gasteiger partial charge in [0.2, 0.25) is 0 Å². The summed E-state index contributed by atoms with van der Waals surface area (Å²) in [6.07, 6.45) is 22.3. The zero-order valence-electron chi connectivity index (χ0n) is 20.8. The first-order chi connectivity index (χ1) is 15.1. The van der Waals surface area contributed by atoms with Crippen LogP contribution in [0.4, 0.5) is 0 Å². The van der Waals surface area contributed by atoms with Crippen LogP contribution < -0.4 is 0 Å². The Morgan fingerprint density at radius 3 is 1.55 bits per heavy atom. The standard InChI is InChI=1S/C14H28O2.C12H26O3/c1-2-3-4-5-6-7-8-9-10-11-12-13-14(15)16;1-2-3-4-5-6-7-8-12(14)11-15-10-9-13/h2-13H2,1H3,(H,15,16);12-14H,2-11H2,1H3. The Bertz CT molecular complexity index is 336. The molecular formula is C26H54O5. The van der Waals surface area contributed by atoms with Crippen LogP contribution in [0.15, 0.2) is 0 Å². The van der Waals surface area contributed by atoms with Crippen molar-refractivity contribution in [1.29, 1.82) is 0 Å². The van der Waals surface area contributed by atoms with Crippen LogP contribution in [-0.2, 0) is 9.53 Å². The van der Waals surface area contributed by atoms with Gasteiger partial charge in [0.05, 0.1) is 25.9 Å². The largest absolute Gasteiger partial charge is 0.481 e. The van der Waals surface area contributed by atoms with E-state index in [0.717, 1.165) is 25.7 Å². The minimum atomic E-state index is -0.657. The number of carboxylic acids is 1. The summed E-state index contributed by atoms with van der Waals surface area (Å²) >= 11 is 0. The highest BCUT2D eigenvalue weighted by atomic mass is 16.5. The quantitative estimate of drug-likeness (QED) is 0.149. The van der Waals surface area contributed by atoms with Crippen LogP contribution >= 0.6 is 0 Å². The molecule has 1 unspecified atom stereocenters. The lowest BCUT2D eigenvalue weighted by Gasteiger charge is -2.10. The van der Waals surface area contributed by atoms with Gasteiger partial charge in [-0.25, -0.2) is 0 Å². The monoisotopic (exact) mass is 446 g/mol. The number of aliphatic hydroxyl groups excluding tert-OH is 2. The van der Waals surface area contributed by atoms with Gasteiger partial charge < -0.3 is 20.1 Å². The number of aliphatic hydroxyl groups is 2. The number of hydrogen-bond acceptors (Lipinski definition) is 4. The molecule has 31 heavy (non-hydrogen) atoms. The van der Waals surface area contributed by atoms with Crippen LogP contribution in [0, 0.1) is 0 Å². The van der Waals surface area contributed by atoms with Crippen molar-refractivity contribution in [1.82, 2.24) is 0 Å². The average molecular weight is 447 g/mol. The Morgan fingerprint density at radius 2 is 1.13 bits per heavy atom. The molecule has 1 atom stereocenters. The Hall–Kier alpha value is -0.650. The van der Waals surface area contributed by atoms with E-state index in [1.807, 2.05) is 0 Å². The summed E-state index contributed by atoms with van der Waals surface area (Å²) in [7, 11) is 0. The molecule has 3 N–H and O–H groups in total. The van der Waals surface area contributed by atoms with Crippen molar-refractivity contribution in [2.24, 2.45) is 0 Å². The van der Waals surface area contributed by atoms with E-state index < -0.39 is 5.97 Å². The van der Waals surface area contributed by atoms with Gasteiger partial charge in [-0.3, -0.25) is 4.79 Å². The van der Waals surface area contributed by atoms with Gasteiger partial charge in [-0.2, -0.15) is 0 Å². The summed E-state index contributed by atoms with van der Waals surface area (Å²) in [5.74, 6) is -0.657. The summed E-state index contributed by atoms with van der Waals surface area (Å²) in [6.45, 7) is 5.17. The first-order valence-electron chi connectivity index (χ1n) is 13.2. The SMILES string of the molecule is CCCCCCCCC(O)COCCO.CCCCCCCCCCCCCC(=O)O. The fraction of sp³-hybridized carbons (Fsp3) is 0.962. The molecular weight excluding hydrogens is 392 g/mol. The second kappa shape index (κ2) is 29.4. The van der Waals surface area contributed by atoms with Crippen LogP contribution in [0.25, 0.3) is 0 Å². The van der Waals surface area contributed by atoms with Crippen LogP contribution in [0.1, 0.15) is 136 Å². The molecule has 5 heteroatoms. The number of carboxylic acid groups (broad SMARTS) is 1. The van der Waals surface area contributed by atoms with Crippen molar-refractivity contribution in [3.8, 4) is 0 Å². The molecule has 0 aromatic heterocycles. The third-order valence-electron chi connectivity index (χ3n) is 5.43. The second-order valence-electron chi connectivity index (χ2n) is 8.69. The molecule has 0 aliphatic carbocycles. The fourth-order valence-electron chi connectivity index (χ4n) is 3.47. The molecule has 0 saturated heterocycles. The molecule has 5 nitrogen and oxygen atoms in total. The molecule has 0 amide bonds. The summed E-state index contributed by atoms with van der Waals surface area (Å²) in [6, 6.07) is 0. The molecule has 0 saturated carbocycles. The normalized spacial score (nSPS) is 11.7. The van der Waals surface area contributed by atoms with Crippen molar-refractivity contribution >= 4 is 5.97 Å². The Morgan fingerprint density at radius 1 is 0.710 bits per heavy atom. The zero-order chi connectivity index (χ0) is 23.4. The molecule has 188 valence electrons. The first kappa shape index (κ1) is 32.5. The maximum Gasteiger partial charge on any atom is 0.303 e. The van der Waals surface area contributed by atoms with E-state index in [4.69, 9.17) is 14.9 Å². The average Bonchev–Trinajstić information content (AvgIpc) is 2.75. The van der Waals surface area contributed by atoms with Crippen LogP contribution in [0.5, 0.6) is 0 Å². The van der Waals surface area contributed by atoms with Crippen LogP contribution in [-0.4, -0.2) is 47.2 Å². The van der Waals surface area contributed by atoms with Crippen LogP contribution in [0.2, 0.25) is 0 Å². The number of ether oxygens (including phenoxy) is 1. The van der Waals surface area contributed by atoms with E-state index in [-0.39, 0.29) is 12.7 Å². The van der Waals surface area contributed by atoms with Crippen molar-refractivity contribution in [3.63, 3.8) is 0 Å². The minimum Gasteiger partial charge on any atom is -0.481 e. The third kappa shape index (κ3) is 34.2. The summed E-state index contributed by atoms with van der Waals surface area (Å²) in [4.78, 5) is 10.3. The topological polar surface area (TPSA) is 87.0 Å². The van der Waals surface area contributed by atoms with Gasteiger partial charge in [0, 0.05) is 6.42 Å². The fourth-order valence-corrected chi connectivity index (χ4v) is 3.47. The molecule has 0 aliphatic heterocycles. The van der Waals surface area contributed by atoms with E-state index in [1.165, 1.54) is 89.9 Å². The molecule has 0 rings (SSSR count). The van der Waals surface area contributed by atoms with Crippen LogP contribution in [0.3, 0.4) is 0 Å². The van der Waals surface area contributed by atoms with Gasteiger partial charge >= 0.3 is 5.97 Å². The zero-order valence-corrected chi connectivity index (χ0v) is 20.8. The molecule has 0 heterocycles. The molecule has 0 radical (unpaired) electrons. The predicted octanol–water partition coefficient (Wildman–Crippen LogP) is 6.88. The summed E-state index contributed by atoms with van der Waals surface area (Å²) in [5, 5.41) is 26.4. The molecule has 0 spiro atoms. The smallest absolute Gasteiger partial charge is 0.303 e. The number of aliphatic carboxylic acids is 1. The van der Waals surface area contributed by atoms with Crippen molar-refractivity contribution in [2.45, 2.75) is 142 Å². The number of rotatable bonds is 23. The second-order valence-corrected chi connectivity index (χ2v) is 8.69. The molecule has 0 aliphatic rings. The van der Waals surface area contributed by atoms with E-state index in [2.05, 4.69) is 13.8 Å². The lowest BCUT2D eigenvalue weighted by Crippen LogP contribution is -2.16. The number of carbonyl (C=O) groups is 1. The van der Waals surface area contributed by atoms with E-state index in [1.54, 1.807) is 0 Å². The van der Waals surface area contributed by atoms with Gasteiger partial charge in [-0.05, 0) is 12.8 Å². The molecule has 0 aromatic carbocycles. The first-order valence-corrected chi connectivity index (χ1v) is 13.2. The van der Waals surface area contributed by atoms with E-state index in [0.29, 0.717) is 19.6 Å². The highest BCUT2D eigenvalue weighted by Gasteiger charge is 2.03. The maximum atomic E-state index is 10.3.